The Bertz CT molecular complexity index is 1300. The number of allylic oxidation sites excluding steroid dienone is 6. The van der Waals surface area contributed by atoms with Gasteiger partial charge in [0, 0.05) is 30.7 Å². The second-order valence-corrected chi connectivity index (χ2v) is 8.42. The zero-order valence-electron chi connectivity index (χ0n) is 19.2. The molecule has 1 atom stereocenters. The Morgan fingerprint density at radius 3 is 2.85 bits per heavy atom. The van der Waals surface area contributed by atoms with Crippen molar-refractivity contribution in [3.05, 3.63) is 131 Å². The van der Waals surface area contributed by atoms with Crippen LogP contribution in [0.25, 0.3) is 17.3 Å². The van der Waals surface area contributed by atoms with Gasteiger partial charge in [0.1, 0.15) is 0 Å². The Morgan fingerprint density at radius 2 is 2.06 bits per heavy atom. The van der Waals surface area contributed by atoms with E-state index in [1.807, 2.05) is 18.3 Å². The molecule has 3 nitrogen and oxygen atoms in total. The molecule has 3 aromatic rings. The van der Waals surface area contributed by atoms with Gasteiger partial charge in [0.2, 0.25) is 0 Å². The highest BCUT2D eigenvalue weighted by atomic mass is 15.0. The molecule has 3 heterocycles. The molecule has 3 heteroatoms. The maximum atomic E-state index is 4.55. The molecular weight excluding hydrogens is 402 g/mol. The molecule has 2 aromatic heterocycles. The highest BCUT2D eigenvalue weighted by Gasteiger charge is 2.24. The van der Waals surface area contributed by atoms with Crippen LogP contribution >= 0.6 is 0 Å². The van der Waals surface area contributed by atoms with Gasteiger partial charge in [-0.15, -0.1) is 0 Å². The molecule has 0 spiro atoms. The quantitative estimate of drug-likeness (QED) is 0.491. The third kappa shape index (κ3) is 4.14. The van der Waals surface area contributed by atoms with E-state index in [9.17, 15) is 0 Å². The van der Waals surface area contributed by atoms with Gasteiger partial charge < -0.3 is 9.88 Å². The number of fused-ring (bicyclic) bond motifs is 1. The molecule has 0 amide bonds. The van der Waals surface area contributed by atoms with E-state index in [4.69, 9.17) is 0 Å². The number of nitrogens with one attached hydrogen (secondary N) is 1. The van der Waals surface area contributed by atoms with Crippen LogP contribution in [0.5, 0.6) is 0 Å². The Morgan fingerprint density at radius 1 is 1.12 bits per heavy atom. The molecular formula is C30H29N3. The van der Waals surface area contributed by atoms with Gasteiger partial charge in [-0.3, -0.25) is 4.98 Å². The minimum atomic E-state index is 0.0593. The molecule has 0 bridgehead atoms. The molecule has 0 fully saturated rings. The zero-order chi connectivity index (χ0) is 22.6. The summed E-state index contributed by atoms with van der Waals surface area (Å²) < 4.78 is 2.22. The number of dihydropyridines is 1. The highest BCUT2D eigenvalue weighted by molar-refractivity contribution is 5.85. The summed E-state index contributed by atoms with van der Waals surface area (Å²) in [6.07, 6.45) is 23.5. The van der Waals surface area contributed by atoms with Gasteiger partial charge in [0.15, 0.2) is 0 Å². The van der Waals surface area contributed by atoms with Crippen molar-refractivity contribution in [1.82, 2.24) is 14.9 Å². The van der Waals surface area contributed by atoms with Crippen LogP contribution in [-0.2, 0) is 13.5 Å². The molecule has 1 unspecified atom stereocenters. The van der Waals surface area contributed by atoms with Crippen LogP contribution in [0, 0.1) is 0 Å². The van der Waals surface area contributed by atoms with Gasteiger partial charge in [0.25, 0.3) is 0 Å². The van der Waals surface area contributed by atoms with Crippen LogP contribution in [0.15, 0.2) is 97.4 Å². The Balaban J connectivity index is 1.67. The first-order valence-corrected chi connectivity index (χ1v) is 11.6. The summed E-state index contributed by atoms with van der Waals surface area (Å²) in [6.45, 7) is 2.21. The average molecular weight is 432 g/mol. The van der Waals surface area contributed by atoms with Gasteiger partial charge >= 0.3 is 0 Å². The van der Waals surface area contributed by atoms with E-state index in [0.29, 0.717) is 0 Å². The fraction of sp³-hybridized carbons (Fsp3) is 0.167. The van der Waals surface area contributed by atoms with Gasteiger partial charge in [0.05, 0.1) is 17.4 Å². The Labute approximate surface area is 196 Å². The Hall–Kier alpha value is -3.85. The lowest BCUT2D eigenvalue weighted by Gasteiger charge is -2.27. The molecule has 2 aliphatic rings. The summed E-state index contributed by atoms with van der Waals surface area (Å²) in [5.41, 5.74) is 9.82. The van der Waals surface area contributed by atoms with E-state index < -0.39 is 0 Å². The summed E-state index contributed by atoms with van der Waals surface area (Å²) in [6, 6.07) is 15.0. The van der Waals surface area contributed by atoms with E-state index in [2.05, 4.69) is 114 Å². The number of nitrogens with zero attached hydrogens (tertiary/aromatic N) is 2. The molecule has 0 saturated carbocycles. The number of hydrogen-bond donors (Lipinski definition) is 1. The fourth-order valence-electron chi connectivity index (χ4n) is 4.73. The monoisotopic (exact) mass is 431 g/mol. The minimum absolute atomic E-state index is 0.0593. The summed E-state index contributed by atoms with van der Waals surface area (Å²) in [5, 5.41) is 3.75. The number of aryl methyl sites for hydroxylation is 1. The molecule has 0 saturated heterocycles. The molecule has 33 heavy (non-hydrogen) atoms. The molecule has 0 radical (unpaired) electrons. The van der Waals surface area contributed by atoms with Crippen LogP contribution in [0.4, 0.5) is 0 Å². The van der Waals surface area contributed by atoms with Gasteiger partial charge in [-0.25, -0.2) is 0 Å². The third-order valence-electron chi connectivity index (χ3n) is 6.28. The lowest BCUT2D eigenvalue weighted by atomic mass is 9.84. The molecule has 1 N–H and O–H groups in total. The SMILES string of the molecule is CC/C=C(/c1c(C2C=CC=C(c3ccccn3)N2)ccc2c1CC=CC=C2)c1cccn1C. The largest absolute Gasteiger partial charge is 0.373 e. The predicted molar refractivity (Wildman–Crippen MR) is 138 cm³/mol. The fourth-order valence-corrected chi connectivity index (χ4v) is 4.73. The van der Waals surface area contributed by atoms with E-state index in [0.717, 1.165) is 24.2 Å². The van der Waals surface area contributed by atoms with Crippen molar-refractivity contribution in [2.75, 3.05) is 0 Å². The van der Waals surface area contributed by atoms with Crippen molar-refractivity contribution in [3.8, 4) is 0 Å². The molecule has 5 rings (SSSR count). The normalized spacial score (nSPS) is 17.3. The maximum Gasteiger partial charge on any atom is 0.0861 e. The second kappa shape index (κ2) is 9.33. The topological polar surface area (TPSA) is 29.9 Å². The van der Waals surface area contributed by atoms with Crippen LogP contribution in [0.3, 0.4) is 0 Å². The van der Waals surface area contributed by atoms with Crippen LogP contribution < -0.4 is 5.32 Å². The number of benzene rings is 1. The van der Waals surface area contributed by atoms with Crippen molar-refractivity contribution >= 4 is 17.3 Å². The van der Waals surface area contributed by atoms with Crippen molar-refractivity contribution in [2.24, 2.45) is 7.05 Å². The van der Waals surface area contributed by atoms with E-state index >= 15 is 0 Å². The van der Waals surface area contributed by atoms with Gasteiger partial charge in [-0.05, 0) is 65.4 Å². The first kappa shape index (κ1) is 21.0. The van der Waals surface area contributed by atoms with Crippen molar-refractivity contribution in [1.29, 1.82) is 0 Å². The first-order valence-electron chi connectivity index (χ1n) is 11.6. The van der Waals surface area contributed by atoms with Crippen LogP contribution in [-0.4, -0.2) is 9.55 Å². The van der Waals surface area contributed by atoms with Gasteiger partial charge in [-0.1, -0.05) is 67.7 Å². The van der Waals surface area contributed by atoms with E-state index in [1.165, 1.54) is 33.5 Å². The molecule has 1 aliphatic heterocycles. The van der Waals surface area contributed by atoms with Crippen molar-refractivity contribution < 1.29 is 0 Å². The zero-order valence-corrected chi connectivity index (χ0v) is 19.2. The number of pyridine rings is 1. The minimum Gasteiger partial charge on any atom is -0.373 e. The summed E-state index contributed by atoms with van der Waals surface area (Å²) in [5.74, 6) is 0. The lowest BCUT2D eigenvalue weighted by molar-refractivity contribution is 0.756. The maximum absolute atomic E-state index is 4.55. The molecule has 1 aromatic carbocycles. The Kier molecular flexibility index (Phi) is 5.95. The van der Waals surface area contributed by atoms with Crippen LogP contribution in [0.1, 0.15) is 53.0 Å². The highest BCUT2D eigenvalue weighted by Crippen LogP contribution is 2.38. The summed E-state index contributed by atoms with van der Waals surface area (Å²) in [4.78, 5) is 4.55. The third-order valence-corrected chi connectivity index (χ3v) is 6.28. The number of hydrogen-bond acceptors (Lipinski definition) is 2. The second-order valence-electron chi connectivity index (χ2n) is 8.42. The number of aromatic nitrogens is 2. The average Bonchev–Trinajstić information content (AvgIpc) is 3.13. The first-order chi connectivity index (χ1) is 16.3. The van der Waals surface area contributed by atoms with E-state index in [1.54, 1.807) is 0 Å². The lowest BCUT2D eigenvalue weighted by Crippen LogP contribution is -2.23. The number of rotatable bonds is 5. The molecule has 164 valence electrons. The molecule has 1 aliphatic carbocycles. The summed E-state index contributed by atoms with van der Waals surface area (Å²) in [7, 11) is 2.13. The smallest absolute Gasteiger partial charge is 0.0861 e. The van der Waals surface area contributed by atoms with Gasteiger partial charge in [-0.2, -0.15) is 0 Å². The van der Waals surface area contributed by atoms with E-state index in [-0.39, 0.29) is 6.04 Å². The standard InChI is InChI=1S/C30H29N3/c1-3-11-25(29-17-10-21-33(29)2)30-23-13-6-4-5-12-22(23)18-19-24(30)26-15-9-16-28(32-26)27-14-7-8-20-31-27/h4-12,14-21,26,32H,3,13H2,1-2H3/b25-11+. The van der Waals surface area contributed by atoms with Crippen molar-refractivity contribution in [3.63, 3.8) is 0 Å². The summed E-state index contributed by atoms with van der Waals surface area (Å²) >= 11 is 0. The van der Waals surface area contributed by atoms with Crippen molar-refractivity contribution in [2.45, 2.75) is 25.8 Å². The van der Waals surface area contributed by atoms with Crippen LogP contribution in [0.2, 0.25) is 0 Å². The predicted octanol–water partition coefficient (Wildman–Crippen LogP) is 6.63.